The number of piperidine rings is 1. The number of carbonyl (C=O) groups is 4. The predicted octanol–water partition coefficient (Wildman–Crippen LogP) is 3.57. The van der Waals surface area contributed by atoms with Crippen molar-refractivity contribution in [3.05, 3.63) is 45.8 Å². The maximum Gasteiger partial charge on any atom is 0.410 e. The molecule has 1 aromatic heterocycles. The Kier molecular flexibility index (Phi) is 10.5. The van der Waals surface area contributed by atoms with Crippen LogP contribution in [0.1, 0.15) is 64.8 Å². The van der Waals surface area contributed by atoms with Crippen LogP contribution in [0, 0.1) is 5.92 Å². The van der Waals surface area contributed by atoms with Crippen molar-refractivity contribution < 1.29 is 37.1 Å². The van der Waals surface area contributed by atoms with E-state index in [1.54, 1.807) is 16.7 Å². The highest BCUT2D eigenvalue weighted by Crippen LogP contribution is 2.38. The second kappa shape index (κ2) is 13.9. The number of nitrogens with one attached hydrogen (secondary N) is 1. The van der Waals surface area contributed by atoms with Gasteiger partial charge in [0.15, 0.2) is 0 Å². The maximum atomic E-state index is 13.6. The van der Waals surface area contributed by atoms with Crippen LogP contribution in [-0.2, 0) is 37.3 Å². The Balaban J connectivity index is 1.54. The molecule has 0 radical (unpaired) electrons. The standard InChI is InChI=1S/C29H38N4O8S2/c1-5-31(6-2)27(35)24-22-14-15-32(29(37)41-7-3)18-23(22)42-26(24)30-25(34)19-8-10-21(11-9-19)43(38,39)33-16-12-20(13-17-33)28(36)40-4/h8-11,20H,5-7,12-18H2,1-4H3,(H,30,34). The Hall–Kier alpha value is -3.49. The number of carbonyl (C=O) groups excluding carboxylic acids is 4. The van der Waals surface area contributed by atoms with Crippen LogP contribution in [0.5, 0.6) is 0 Å². The minimum atomic E-state index is -3.81. The van der Waals surface area contributed by atoms with Gasteiger partial charge in [-0.2, -0.15) is 4.31 Å². The molecule has 14 heteroatoms. The van der Waals surface area contributed by atoms with Gasteiger partial charge in [-0.25, -0.2) is 13.2 Å². The first kappa shape index (κ1) is 32.4. The maximum absolute atomic E-state index is 13.6. The number of fused-ring (bicyclic) bond motifs is 1. The third-order valence-corrected chi connectivity index (χ3v) is 10.9. The largest absolute Gasteiger partial charge is 0.469 e. The molecular formula is C29H38N4O8S2. The smallest absolute Gasteiger partial charge is 0.410 e. The Morgan fingerprint density at radius 2 is 1.67 bits per heavy atom. The van der Waals surface area contributed by atoms with E-state index in [0.717, 1.165) is 10.4 Å². The molecule has 0 saturated carbocycles. The molecule has 2 aromatic rings. The number of thiophene rings is 1. The van der Waals surface area contributed by atoms with Crippen molar-refractivity contribution >= 4 is 50.2 Å². The quantitative estimate of drug-likeness (QED) is 0.413. The van der Waals surface area contributed by atoms with E-state index in [9.17, 15) is 27.6 Å². The van der Waals surface area contributed by atoms with Gasteiger partial charge < -0.3 is 24.6 Å². The summed E-state index contributed by atoms with van der Waals surface area (Å²) in [5.74, 6) is -1.34. The molecule has 1 fully saturated rings. The first-order valence-corrected chi connectivity index (χ1v) is 16.7. The van der Waals surface area contributed by atoms with E-state index in [1.165, 1.54) is 47.0 Å². The van der Waals surface area contributed by atoms with Gasteiger partial charge in [0, 0.05) is 43.2 Å². The number of sulfonamides is 1. The number of methoxy groups -OCH3 is 1. The average Bonchev–Trinajstić information content (AvgIpc) is 3.38. The highest BCUT2D eigenvalue weighted by Gasteiger charge is 2.34. The van der Waals surface area contributed by atoms with Crippen LogP contribution in [0.25, 0.3) is 0 Å². The molecule has 43 heavy (non-hydrogen) atoms. The van der Waals surface area contributed by atoms with Crippen LogP contribution in [0.15, 0.2) is 29.2 Å². The van der Waals surface area contributed by atoms with Crippen LogP contribution < -0.4 is 5.32 Å². The van der Waals surface area contributed by atoms with Gasteiger partial charge in [-0.05, 0) is 69.9 Å². The fourth-order valence-electron chi connectivity index (χ4n) is 5.36. The van der Waals surface area contributed by atoms with Crippen LogP contribution in [0.2, 0.25) is 0 Å². The number of esters is 1. The van der Waals surface area contributed by atoms with Crippen LogP contribution in [0.4, 0.5) is 9.80 Å². The number of anilines is 1. The number of ether oxygens (including phenoxy) is 2. The summed E-state index contributed by atoms with van der Waals surface area (Å²) in [5.41, 5.74) is 1.47. The lowest BCUT2D eigenvalue weighted by Crippen LogP contribution is -2.40. The molecule has 12 nitrogen and oxygen atoms in total. The first-order valence-electron chi connectivity index (χ1n) is 14.4. The Morgan fingerprint density at radius 3 is 2.26 bits per heavy atom. The molecule has 2 aliphatic heterocycles. The summed E-state index contributed by atoms with van der Waals surface area (Å²) < 4.78 is 37.7. The molecule has 234 valence electrons. The summed E-state index contributed by atoms with van der Waals surface area (Å²) in [4.78, 5) is 55.2. The molecule has 0 bridgehead atoms. The van der Waals surface area contributed by atoms with Gasteiger partial charge >= 0.3 is 12.1 Å². The van der Waals surface area contributed by atoms with Crippen LogP contribution >= 0.6 is 11.3 Å². The van der Waals surface area contributed by atoms with Crippen molar-refractivity contribution in [3.8, 4) is 0 Å². The zero-order valence-corrected chi connectivity index (χ0v) is 26.5. The molecule has 0 aliphatic carbocycles. The van der Waals surface area contributed by atoms with E-state index in [1.807, 2.05) is 13.8 Å². The predicted molar refractivity (Wildman–Crippen MR) is 161 cm³/mol. The van der Waals surface area contributed by atoms with Gasteiger partial charge in [0.05, 0.1) is 36.6 Å². The summed E-state index contributed by atoms with van der Waals surface area (Å²) >= 11 is 1.26. The summed E-state index contributed by atoms with van der Waals surface area (Å²) in [7, 11) is -2.49. The molecule has 1 aromatic carbocycles. The fourth-order valence-corrected chi connectivity index (χ4v) is 8.08. The summed E-state index contributed by atoms with van der Waals surface area (Å²) in [6, 6.07) is 5.64. The highest BCUT2D eigenvalue weighted by molar-refractivity contribution is 7.89. The lowest BCUT2D eigenvalue weighted by Gasteiger charge is -2.29. The normalized spacial score (nSPS) is 15.9. The number of rotatable bonds is 9. The second-order valence-electron chi connectivity index (χ2n) is 10.2. The zero-order valence-electron chi connectivity index (χ0n) is 24.9. The zero-order chi connectivity index (χ0) is 31.3. The van der Waals surface area contributed by atoms with Crippen LogP contribution in [0.3, 0.4) is 0 Å². The topological polar surface area (TPSA) is 143 Å². The van der Waals surface area contributed by atoms with Crippen LogP contribution in [-0.4, -0.2) is 92.8 Å². The molecule has 3 amide bonds. The average molecular weight is 635 g/mol. The van der Waals surface area contributed by atoms with Gasteiger partial charge in [0.25, 0.3) is 11.8 Å². The molecule has 0 spiro atoms. The second-order valence-corrected chi connectivity index (χ2v) is 13.3. The van der Waals surface area contributed by atoms with E-state index >= 15 is 0 Å². The van der Waals surface area contributed by atoms with Gasteiger partial charge in [-0.3, -0.25) is 14.4 Å². The van der Waals surface area contributed by atoms with Crippen molar-refractivity contribution in [3.63, 3.8) is 0 Å². The number of hydrogen-bond acceptors (Lipinski definition) is 9. The molecule has 1 N–H and O–H groups in total. The molecule has 0 unspecified atom stereocenters. The Bertz CT molecular complexity index is 1460. The Labute approximate surface area is 256 Å². The van der Waals surface area contributed by atoms with E-state index < -0.39 is 22.0 Å². The van der Waals surface area contributed by atoms with E-state index in [4.69, 9.17) is 9.47 Å². The van der Waals surface area contributed by atoms with Crippen molar-refractivity contribution in [2.75, 3.05) is 51.8 Å². The van der Waals surface area contributed by atoms with Gasteiger partial charge in [0.2, 0.25) is 10.0 Å². The van der Waals surface area contributed by atoms with Crippen molar-refractivity contribution in [2.45, 2.75) is 51.5 Å². The summed E-state index contributed by atoms with van der Waals surface area (Å²) in [6.07, 6.45) is 0.783. The molecule has 3 heterocycles. The third kappa shape index (κ3) is 6.86. The van der Waals surface area contributed by atoms with E-state index in [0.29, 0.717) is 49.5 Å². The lowest BCUT2D eigenvalue weighted by atomic mass is 9.99. The SMILES string of the molecule is CCOC(=O)N1CCc2c(sc(NC(=O)c3ccc(S(=O)(=O)N4CCC(C(=O)OC)CC4)cc3)c2C(=O)N(CC)CC)C1. The fraction of sp³-hybridized carbons (Fsp3) is 0.517. The molecule has 2 aliphatic rings. The molecular weight excluding hydrogens is 596 g/mol. The first-order chi connectivity index (χ1) is 20.5. The van der Waals surface area contributed by atoms with E-state index in [2.05, 4.69) is 5.32 Å². The minimum absolute atomic E-state index is 0.0450. The van der Waals surface area contributed by atoms with Crippen molar-refractivity contribution in [2.24, 2.45) is 5.92 Å². The summed E-state index contributed by atoms with van der Waals surface area (Å²) in [6.45, 7) is 7.83. The molecule has 1 saturated heterocycles. The monoisotopic (exact) mass is 634 g/mol. The number of hydrogen-bond donors (Lipinski definition) is 1. The Morgan fingerprint density at radius 1 is 1.02 bits per heavy atom. The van der Waals surface area contributed by atoms with Gasteiger partial charge in [-0.15, -0.1) is 11.3 Å². The van der Waals surface area contributed by atoms with Gasteiger partial charge in [-0.1, -0.05) is 0 Å². The van der Waals surface area contributed by atoms with Crippen molar-refractivity contribution in [1.29, 1.82) is 0 Å². The minimum Gasteiger partial charge on any atom is -0.469 e. The number of benzene rings is 1. The summed E-state index contributed by atoms with van der Waals surface area (Å²) in [5, 5.41) is 3.26. The lowest BCUT2D eigenvalue weighted by molar-refractivity contribution is -0.146. The highest BCUT2D eigenvalue weighted by atomic mass is 32.2. The number of amides is 3. The molecule has 0 atom stereocenters. The van der Waals surface area contributed by atoms with Crippen molar-refractivity contribution in [1.82, 2.24) is 14.1 Å². The van der Waals surface area contributed by atoms with Gasteiger partial charge in [0.1, 0.15) is 5.00 Å². The molecule has 4 rings (SSSR count). The number of nitrogens with zero attached hydrogens (tertiary/aromatic N) is 3. The van der Waals surface area contributed by atoms with E-state index in [-0.39, 0.29) is 54.5 Å². The third-order valence-electron chi connectivity index (χ3n) is 7.82.